The van der Waals surface area contributed by atoms with Crippen LogP contribution in [0.3, 0.4) is 0 Å². The minimum absolute atomic E-state index is 0.0577. The minimum atomic E-state index is -0.344. The first-order chi connectivity index (χ1) is 8.70. The third-order valence-electron chi connectivity index (χ3n) is 2.86. The van der Waals surface area contributed by atoms with Gasteiger partial charge in [-0.1, -0.05) is 30.3 Å². The molecule has 1 aliphatic heterocycles. The summed E-state index contributed by atoms with van der Waals surface area (Å²) in [5.41, 5.74) is 1.12. The highest BCUT2D eigenvalue weighted by Gasteiger charge is 2.27. The van der Waals surface area contributed by atoms with Crippen LogP contribution >= 0.6 is 0 Å². The molecule has 0 saturated carbocycles. The number of rotatable bonds is 3. The quantitative estimate of drug-likeness (QED) is 0.816. The lowest BCUT2D eigenvalue weighted by Crippen LogP contribution is -2.45. The van der Waals surface area contributed by atoms with Gasteiger partial charge in [-0.2, -0.15) is 0 Å². The molecule has 1 heterocycles. The Hall–Kier alpha value is -1.84. The van der Waals surface area contributed by atoms with E-state index in [1.54, 1.807) is 11.8 Å². The third kappa shape index (κ3) is 2.88. The summed E-state index contributed by atoms with van der Waals surface area (Å²) < 4.78 is 5.43. The summed E-state index contributed by atoms with van der Waals surface area (Å²) in [6.07, 6.45) is 0. The largest absolute Gasteiger partial charge is 0.480 e. The second-order valence-corrected chi connectivity index (χ2v) is 4.31. The molecule has 0 aromatic heterocycles. The smallest absolute Gasteiger partial charge is 0.247 e. The predicted octanol–water partition coefficient (Wildman–Crippen LogP) is 1.85. The average molecular weight is 246 g/mol. The molecule has 0 aliphatic carbocycles. The van der Waals surface area contributed by atoms with Crippen molar-refractivity contribution in [2.75, 3.05) is 13.2 Å². The fourth-order valence-electron chi connectivity index (χ4n) is 2.00. The number of amides is 1. The molecule has 1 aromatic rings. The van der Waals surface area contributed by atoms with Gasteiger partial charge in [-0.25, -0.2) is 4.99 Å². The van der Waals surface area contributed by atoms with Crippen LogP contribution in [-0.4, -0.2) is 35.9 Å². The van der Waals surface area contributed by atoms with Crippen molar-refractivity contribution in [1.29, 1.82) is 0 Å². The minimum Gasteiger partial charge on any atom is -0.480 e. The van der Waals surface area contributed by atoms with Crippen LogP contribution in [0.2, 0.25) is 0 Å². The maximum Gasteiger partial charge on any atom is 0.247 e. The Balaban J connectivity index is 2.09. The van der Waals surface area contributed by atoms with Gasteiger partial charge < -0.3 is 9.64 Å². The van der Waals surface area contributed by atoms with Gasteiger partial charge in [0.2, 0.25) is 11.8 Å². The lowest BCUT2D eigenvalue weighted by molar-refractivity contribution is -0.132. The number of hydrogen-bond donors (Lipinski definition) is 0. The maximum atomic E-state index is 12.0. The Kier molecular flexibility index (Phi) is 3.97. The predicted molar refractivity (Wildman–Crippen MR) is 70.4 cm³/mol. The molecular formula is C14H18N2O2. The van der Waals surface area contributed by atoms with Crippen LogP contribution in [0.4, 0.5) is 0 Å². The number of carbonyl (C=O) groups is 1. The first-order valence-electron chi connectivity index (χ1n) is 6.23. The zero-order chi connectivity index (χ0) is 13.0. The van der Waals surface area contributed by atoms with Crippen molar-refractivity contribution in [1.82, 2.24) is 4.90 Å². The molecule has 0 saturated heterocycles. The molecule has 0 radical (unpaired) electrons. The van der Waals surface area contributed by atoms with Crippen LogP contribution in [-0.2, 0) is 16.1 Å². The second-order valence-electron chi connectivity index (χ2n) is 4.31. The van der Waals surface area contributed by atoms with Gasteiger partial charge in [0.15, 0.2) is 0 Å². The number of carbonyl (C=O) groups excluding carboxylic acids is 1. The Morgan fingerprint density at radius 3 is 2.78 bits per heavy atom. The fraction of sp³-hybridized carbons (Fsp3) is 0.429. The average Bonchev–Trinajstić information content (AvgIpc) is 2.37. The van der Waals surface area contributed by atoms with Gasteiger partial charge in [0.05, 0.1) is 13.2 Å². The molecular weight excluding hydrogens is 228 g/mol. The first-order valence-corrected chi connectivity index (χ1v) is 6.23. The lowest BCUT2D eigenvalue weighted by atomic mass is 10.1. The van der Waals surface area contributed by atoms with Crippen molar-refractivity contribution in [2.45, 2.75) is 26.4 Å². The van der Waals surface area contributed by atoms with Crippen LogP contribution < -0.4 is 0 Å². The van der Waals surface area contributed by atoms with E-state index in [0.717, 1.165) is 5.56 Å². The molecule has 18 heavy (non-hydrogen) atoms. The Morgan fingerprint density at radius 1 is 1.39 bits per heavy atom. The SMILES string of the molecule is CCOC1=N[C@@H](C)C(=O)N(Cc2ccccc2)C1. The Morgan fingerprint density at radius 2 is 2.11 bits per heavy atom. The molecule has 0 spiro atoms. The highest BCUT2D eigenvalue weighted by Crippen LogP contribution is 2.12. The van der Waals surface area contributed by atoms with Crippen molar-refractivity contribution in [3.63, 3.8) is 0 Å². The second kappa shape index (κ2) is 5.67. The van der Waals surface area contributed by atoms with Gasteiger partial charge in [0.25, 0.3) is 0 Å². The summed E-state index contributed by atoms with van der Waals surface area (Å²) in [5, 5.41) is 0. The van der Waals surface area contributed by atoms with Crippen molar-refractivity contribution in [3.05, 3.63) is 35.9 Å². The normalized spacial score (nSPS) is 19.7. The molecule has 2 rings (SSSR count). The van der Waals surface area contributed by atoms with E-state index in [9.17, 15) is 4.79 Å². The maximum absolute atomic E-state index is 12.0. The Bertz CT molecular complexity index is 442. The van der Waals surface area contributed by atoms with E-state index in [2.05, 4.69) is 4.99 Å². The highest BCUT2D eigenvalue weighted by molar-refractivity contribution is 5.93. The summed E-state index contributed by atoms with van der Waals surface area (Å²) in [6, 6.07) is 9.62. The van der Waals surface area contributed by atoms with Gasteiger partial charge >= 0.3 is 0 Å². The molecule has 0 unspecified atom stereocenters. The van der Waals surface area contributed by atoms with E-state index in [1.807, 2.05) is 37.3 Å². The van der Waals surface area contributed by atoms with Gasteiger partial charge in [0.1, 0.15) is 6.04 Å². The van der Waals surface area contributed by atoms with E-state index >= 15 is 0 Å². The summed E-state index contributed by atoms with van der Waals surface area (Å²) in [7, 11) is 0. The molecule has 0 fully saturated rings. The van der Waals surface area contributed by atoms with Gasteiger partial charge in [-0.05, 0) is 19.4 Å². The van der Waals surface area contributed by atoms with Gasteiger partial charge in [-0.3, -0.25) is 4.79 Å². The number of nitrogens with zero attached hydrogens (tertiary/aromatic N) is 2. The van der Waals surface area contributed by atoms with Crippen LogP contribution in [0.15, 0.2) is 35.3 Å². The van der Waals surface area contributed by atoms with E-state index in [1.165, 1.54) is 0 Å². The topological polar surface area (TPSA) is 41.9 Å². The fourth-order valence-corrected chi connectivity index (χ4v) is 2.00. The van der Waals surface area contributed by atoms with Crippen LogP contribution in [0.5, 0.6) is 0 Å². The Labute approximate surface area is 107 Å². The zero-order valence-electron chi connectivity index (χ0n) is 10.8. The number of benzene rings is 1. The number of ether oxygens (including phenoxy) is 1. The molecule has 1 aromatic carbocycles. The lowest BCUT2D eigenvalue weighted by Gasteiger charge is -2.29. The molecule has 1 amide bonds. The highest BCUT2D eigenvalue weighted by atomic mass is 16.5. The van der Waals surface area contributed by atoms with Crippen LogP contribution in [0.25, 0.3) is 0 Å². The van der Waals surface area contributed by atoms with Crippen molar-refractivity contribution >= 4 is 11.8 Å². The van der Waals surface area contributed by atoms with Crippen molar-refractivity contribution in [2.24, 2.45) is 4.99 Å². The van der Waals surface area contributed by atoms with E-state index in [4.69, 9.17) is 4.74 Å². The standard InChI is InChI=1S/C14H18N2O2/c1-3-18-13-10-16(14(17)11(2)15-13)9-12-7-5-4-6-8-12/h4-8,11H,3,9-10H2,1-2H3/t11-/m0/s1. The molecule has 0 N–H and O–H groups in total. The summed E-state index contributed by atoms with van der Waals surface area (Å²) >= 11 is 0. The van der Waals surface area contributed by atoms with E-state index in [0.29, 0.717) is 25.6 Å². The third-order valence-corrected chi connectivity index (χ3v) is 2.86. The zero-order valence-corrected chi connectivity index (χ0v) is 10.8. The van der Waals surface area contributed by atoms with Gasteiger partial charge in [-0.15, -0.1) is 0 Å². The summed E-state index contributed by atoms with van der Waals surface area (Å²) in [5.74, 6) is 0.711. The molecule has 96 valence electrons. The van der Waals surface area contributed by atoms with Crippen LogP contribution in [0, 0.1) is 0 Å². The monoisotopic (exact) mass is 246 g/mol. The first kappa shape index (κ1) is 12.6. The molecule has 4 heteroatoms. The summed E-state index contributed by atoms with van der Waals surface area (Å²) in [6.45, 7) is 5.38. The summed E-state index contributed by atoms with van der Waals surface area (Å²) in [4.78, 5) is 18.1. The van der Waals surface area contributed by atoms with E-state index < -0.39 is 0 Å². The van der Waals surface area contributed by atoms with E-state index in [-0.39, 0.29) is 11.9 Å². The molecule has 1 atom stereocenters. The number of hydrogen-bond acceptors (Lipinski definition) is 3. The van der Waals surface area contributed by atoms with Gasteiger partial charge in [0, 0.05) is 6.54 Å². The molecule has 4 nitrogen and oxygen atoms in total. The molecule has 1 aliphatic rings. The van der Waals surface area contributed by atoms with Crippen LogP contribution in [0.1, 0.15) is 19.4 Å². The molecule has 0 bridgehead atoms. The van der Waals surface area contributed by atoms with Crippen molar-refractivity contribution < 1.29 is 9.53 Å². The number of aliphatic imine (C=N–C) groups is 1. The van der Waals surface area contributed by atoms with Crippen molar-refractivity contribution in [3.8, 4) is 0 Å².